The molecule has 0 aliphatic carbocycles. The molecule has 3 heteroatoms. The van der Waals surface area contributed by atoms with Gasteiger partial charge >= 0.3 is 0 Å². The third-order valence-electron chi connectivity index (χ3n) is 3.91. The van der Waals surface area contributed by atoms with E-state index in [2.05, 4.69) is 31.3 Å². The molecule has 100 valence electrons. The van der Waals surface area contributed by atoms with Crippen molar-refractivity contribution in [3.05, 3.63) is 28.8 Å². The van der Waals surface area contributed by atoms with Crippen LogP contribution in [0.5, 0.6) is 5.75 Å². The molecule has 1 aromatic carbocycles. The van der Waals surface area contributed by atoms with E-state index in [4.69, 9.17) is 10.5 Å². The molecule has 0 bridgehead atoms. The lowest BCUT2D eigenvalue weighted by Gasteiger charge is -2.29. The van der Waals surface area contributed by atoms with Crippen molar-refractivity contribution in [3.8, 4) is 5.75 Å². The third-order valence-corrected chi connectivity index (χ3v) is 3.91. The van der Waals surface area contributed by atoms with Crippen LogP contribution >= 0.6 is 0 Å². The summed E-state index contributed by atoms with van der Waals surface area (Å²) in [5, 5.41) is 3.43. The number of rotatable bonds is 3. The Morgan fingerprint density at radius 3 is 2.50 bits per heavy atom. The first-order valence-corrected chi connectivity index (χ1v) is 6.75. The molecule has 1 aromatic rings. The van der Waals surface area contributed by atoms with Gasteiger partial charge in [0.05, 0.1) is 7.11 Å². The Bertz CT molecular complexity index is 388. The Kier molecular flexibility index (Phi) is 4.25. The summed E-state index contributed by atoms with van der Waals surface area (Å²) in [5.74, 6) is 1.53. The van der Waals surface area contributed by atoms with E-state index in [9.17, 15) is 0 Å². The van der Waals surface area contributed by atoms with Crippen molar-refractivity contribution in [1.82, 2.24) is 5.32 Å². The summed E-state index contributed by atoms with van der Waals surface area (Å²) >= 11 is 0. The van der Waals surface area contributed by atoms with Crippen LogP contribution in [0, 0.1) is 19.8 Å². The van der Waals surface area contributed by atoms with Gasteiger partial charge < -0.3 is 15.8 Å². The van der Waals surface area contributed by atoms with Crippen LogP contribution < -0.4 is 15.8 Å². The molecule has 3 N–H and O–H groups in total. The lowest BCUT2D eigenvalue weighted by Crippen LogP contribution is -2.36. The van der Waals surface area contributed by atoms with Gasteiger partial charge in [-0.3, -0.25) is 0 Å². The fourth-order valence-corrected chi connectivity index (χ4v) is 2.96. The second kappa shape index (κ2) is 5.72. The van der Waals surface area contributed by atoms with Crippen LogP contribution in [0.1, 0.15) is 35.6 Å². The summed E-state index contributed by atoms with van der Waals surface area (Å²) < 4.78 is 5.40. The number of hydrogen-bond acceptors (Lipinski definition) is 3. The summed E-state index contributed by atoms with van der Waals surface area (Å²) in [6, 6.07) is 4.47. The number of nitrogens with one attached hydrogen (secondary N) is 1. The molecular formula is C15H24N2O. The van der Waals surface area contributed by atoms with Crippen molar-refractivity contribution >= 4 is 0 Å². The highest BCUT2D eigenvalue weighted by atomic mass is 16.5. The normalized spacial score (nSPS) is 21.7. The van der Waals surface area contributed by atoms with Crippen molar-refractivity contribution in [2.75, 3.05) is 20.2 Å². The first-order valence-electron chi connectivity index (χ1n) is 6.75. The zero-order valence-corrected chi connectivity index (χ0v) is 11.6. The molecule has 0 radical (unpaired) electrons. The minimum atomic E-state index is 0.126. The Labute approximate surface area is 110 Å². The van der Waals surface area contributed by atoms with Crippen LogP contribution in [-0.4, -0.2) is 20.2 Å². The van der Waals surface area contributed by atoms with E-state index >= 15 is 0 Å². The zero-order chi connectivity index (χ0) is 13.1. The predicted molar refractivity (Wildman–Crippen MR) is 75.0 cm³/mol. The highest BCUT2D eigenvalue weighted by Crippen LogP contribution is 2.31. The summed E-state index contributed by atoms with van der Waals surface area (Å²) in [4.78, 5) is 0. The number of benzene rings is 1. The fourth-order valence-electron chi connectivity index (χ4n) is 2.96. The highest BCUT2D eigenvalue weighted by Gasteiger charge is 2.22. The molecule has 1 saturated heterocycles. The number of nitrogens with two attached hydrogens (primary N) is 1. The van der Waals surface area contributed by atoms with Crippen LogP contribution in [0.15, 0.2) is 12.1 Å². The van der Waals surface area contributed by atoms with E-state index in [1.54, 1.807) is 7.11 Å². The first kappa shape index (κ1) is 13.4. The molecule has 0 amide bonds. The molecule has 2 atom stereocenters. The van der Waals surface area contributed by atoms with Crippen LogP contribution in [-0.2, 0) is 0 Å². The van der Waals surface area contributed by atoms with Gasteiger partial charge in [-0.2, -0.15) is 0 Å². The Hall–Kier alpha value is -1.06. The van der Waals surface area contributed by atoms with Gasteiger partial charge in [0.25, 0.3) is 0 Å². The minimum Gasteiger partial charge on any atom is -0.496 e. The standard InChI is InChI=1S/C15H24N2O/c1-10-7-13(8-11(2)15(10)18-3)14(16)12-5-4-6-17-9-12/h7-8,12,14,17H,4-6,9,16H2,1-3H3. The van der Waals surface area contributed by atoms with Gasteiger partial charge in [0.1, 0.15) is 5.75 Å². The van der Waals surface area contributed by atoms with E-state index in [1.807, 2.05) is 0 Å². The maximum absolute atomic E-state index is 6.42. The van der Waals surface area contributed by atoms with Gasteiger partial charge in [0, 0.05) is 6.04 Å². The molecule has 0 spiro atoms. The lowest BCUT2D eigenvalue weighted by molar-refractivity contribution is 0.326. The molecule has 2 unspecified atom stereocenters. The SMILES string of the molecule is COc1c(C)cc(C(N)C2CCCNC2)cc1C. The van der Waals surface area contributed by atoms with Gasteiger partial charge in [0.15, 0.2) is 0 Å². The van der Waals surface area contributed by atoms with Crippen LogP contribution in [0.2, 0.25) is 0 Å². The summed E-state index contributed by atoms with van der Waals surface area (Å²) in [6.07, 6.45) is 2.45. The third kappa shape index (κ3) is 2.68. The second-order valence-corrected chi connectivity index (χ2v) is 5.32. The molecular weight excluding hydrogens is 224 g/mol. The molecule has 1 fully saturated rings. The zero-order valence-electron chi connectivity index (χ0n) is 11.6. The van der Waals surface area contributed by atoms with Crippen molar-refractivity contribution in [1.29, 1.82) is 0 Å². The Morgan fingerprint density at radius 2 is 2.00 bits per heavy atom. The average Bonchev–Trinajstić information content (AvgIpc) is 2.38. The van der Waals surface area contributed by atoms with Gasteiger partial charge in [0.2, 0.25) is 0 Å². The van der Waals surface area contributed by atoms with E-state index < -0.39 is 0 Å². The van der Waals surface area contributed by atoms with Crippen LogP contribution in [0.4, 0.5) is 0 Å². The number of ether oxygens (including phenoxy) is 1. The summed E-state index contributed by atoms with van der Waals surface area (Å²) in [7, 11) is 1.72. The smallest absolute Gasteiger partial charge is 0.124 e. The molecule has 1 aliphatic heterocycles. The molecule has 1 heterocycles. The topological polar surface area (TPSA) is 47.3 Å². The Morgan fingerprint density at radius 1 is 1.33 bits per heavy atom. The molecule has 18 heavy (non-hydrogen) atoms. The van der Waals surface area contributed by atoms with E-state index in [0.717, 1.165) is 18.8 Å². The van der Waals surface area contributed by atoms with Gasteiger partial charge in [-0.1, -0.05) is 12.1 Å². The quantitative estimate of drug-likeness (QED) is 0.863. The number of methoxy groups -OCH3 is 1. The molecule has 3 nitrogen and oxygen atoms in total. The van der Waals surface area contributed by atoms with E-state index in [0.29, 0.717) is 5.92 Å². The molecule has 1 aliphatic rings. The Balaban J connectivity index is 2.22. The second-order valence-electron chi connectivity index (χ2n) is 5.32. The maximum Gasteiger partial charge on any atom is 0.124 e. The van der Waals surface area contributed by atoms with Crippen molar-refractivity contribution < 1.29 is 4.74 Å². The first-order chi connectivity index (χ1) is 8.63. The van der Waals surface area contributed by atoms with E-state index in [-0.39, 0.29) is 6.04 Å². The van der Waals surface area contributed by atoms with Gasteiger partial charge in [-0.15, -0.1) is 0 Å². The number of hydrogen-bond donors (Lipinski definition) is 2. The summed E-state index contributed by atoms with van der Waals surface area (Å²) in [5.41, 5.74) is 10.00. The van der Waals surface area contributed by atoms with Crippen molar-refractivity contribution in [3.63, 3.8) is 0 Å². The largest absolute Gasteiger partial charge is 0.496 e. The van der Waals surface area contributed by atoms with Crippen LogP contribution in [0.3, 0.4) is 0 Å². The monoisotopic (exact) mass is 248 g/mol. The molecule has 2 rings (SSSR count). The molecule has 0 aromatic heterocycles. The highest BCUT2D eigenvalue weighted by molar-refractivity contribution is 5.44. The van der Waals surface area contributed by atoms with Gasteiger partial charge in [-0.05, 0) is 62.4 Å². The fraction of sp³-hybridized carbons (Fsp3) is 0.600. The maximum atomic E-state index is 6.42. The number of aryl methyl sites for hydroxylation is 2. The lowest BCUT2D eigenvalue weighted by atomic mass is 9.86. The summed E-state index contributed by atoms with van der Waals surface area (Å²) in [6.45, 7) is 6.33. The minimum absolute atomic E-state index is 0.126. The van der Waals surface area contributed by atoms with Gasteiger partial charge in [-0.25, -0.2) is 0 Å². The van der Waals surface area contributed by atoms with Crippen LogP contribution in [0.25, 0.3) is 0 Å². The van der Waals surface area contributed by atoms with E-state index in [1.165, 1.54) is 29.5 Å². The predicted octanol–water partition coefficient (Wildman–Crippen LogP) is 2.31. The van der Waals surface area contributed by atoms with Crippen molar-refractivity contribution in [2.24, 2.45) is 11.7 Å². The van der Waals surface area contributed by atoms with Crippen molar-refractivity contribution in [2.45, 2.75) is 32.7 Å². The number of piperidine rings is 1. The molecule has 0 saturated carbocycles. The average molecular weight is 248 g/mol.